The second kappa shape index (κ2) is 5.38. The molecule has 0 heterocycles. The number of ketones is 1. The van der Waals surface area contributed by atoms with Gasteiger partial charge < -0.3 is 9.90 Å². The number of aliphatic hydroxyl groups excluding tert-OH is 1. The van der Waals surface area contributed by atoms with Crippen molar-refractivity contribution in [3.63, 3.8) is 0 Å². The zero-order valence-corrected chi connectivity index (χ0v) is 8.46. The lowest BCUT2D eigenvalue weighted by molar-refractivity contribution is -0.117. The van der Waals surface area contributed by atoms with Crippen LogP contribution in [-0.2, 0) is 4.79 Å². The van der Waals surface area contributed by atoms with E-state index in [1.165, 1.54) is 12.8 Å². The van der Waals surface area contributed by atoms with Gasteiger partial charge in [0.1, 0.15) is 5.78 Å². The maximum absolute atomic E-state index is 10.7. The SMILES string of the molecule is CC(=O)CCCC1CCCCC1O. The van der Waals surface area contributed by atoms with Crippen LogP contribution in [0.25, 0.3) is 0 Å². The summed E-state index contributed by atoms with van der Waals surface area (Å²) in [7, 11) is 0. The number of carbonyl (C=O) groups excluding carboxylic acids is 1. The van der Waals surface area contributed by atoms with Crippen molar-refractivity contribution in [3.8, 4) is 0 Å². The zero-order valence-electron chi connectivity index (χ0n) is 8.46. The molecule has 1 aliphatic rings. The number of carbonyl (C=O) groups is 1. The molecule has 2 unspecified atom stereocenters. The van der Waals surface area contributed by atoms with E-state index in [9.17, 15) is 9.90 Å². The smallest absolute Gasteiger partial charge is 0.129 e. The van der Waals surface area contributed by atoms with E-state index in [4.69, 9.17) is 0 Å². The van der Waals surface area contributed by atoms with Crippen molar-refractivity contribution in [1.82, 2.24) is 0 Å². The topological polar surface area (TPSA) is 37.3 Å². The molecule has 0 bridgehead atoms. The summed E-state index contributed by atoms with van der Waals surface area (Å²) in [5.74, 6) is 0.735. The Morgan fingerprint density at radius 3 is 2.69 bits per heavy atom. The Morgan fingerprint density at radius 2 is 2.08 bits per heavy atom. The second-order valence-electron chi connectivity index (χ2n) is 4.21. The van der Waals surface area contributed by atoms with E-state index < -0.39 is 0 Å². The molecule has 0 spiro atoms. The van der Waals surface area contributed by atoms with E-state index in [0.29, 0.717) is 12.3 Å². The highest BCUT2D eigenvalue weighted by atomic mass is 16.3. The Kier molecular flexibility index (Phi) is 4.43. The van der Waals surface area contributed by atoms with Gasteiger partial charge in [0.15, 0.2) is 0 Å². The molecule has 0 aromatic rings. The number of hydrogen-bond acceptors (Lipinski definition) is 2. The average Bonchev–Trinajstić information content (AvgIpc) is 2.08. The third kappa shape index (κ3) is 3.90. The van der Waals surface area contributed by atoms with Gasteiger partial charge in [0, 0.05) is 6.42 Å². The Balaban J connectivity index is 2.15. The van der Waals surface area contributed by atoms with Crippen molar-refractivity contribution in [2.24, 2.45) is 5.92 Å². The summed E-state index contributed by atoms with van der Waals surface area (Å²) < 4.78 is 0. The molecule has 2 atom stereocenters. The summed E-state index contributed by atoms with van der Waals surface area (Å²) in [4.78, 5) is 10.7. The fourth-order valence-electron chi connectivity index (χ4n) is 2.14. The lowest BCUT2D eigenvalue weighted by Crippen LogP contribution is -2.24. The van der Waals surface area contributed by atoms with E-state index in [-0.39, 0.29) is 11.9 Å². The summed E-state index contributed by atoms with van der Waals surface area (Å²) in [6.07, 6.45) is 7.11. The van der Waals surface area contributed by atoms with Crippen LogP contribution in [0.2, 0.25) is 0 Å². The summed E-state index contributed by atoms with van der Waals surface area (Å²) >= 11 is 0. The minimum absolute atomic E-state index is 0.0966. The van der Waals surface area contributed by atoms with Gasteiger partial charge in [-0.25, -0.2) is 0 Å². The van der Waals surface area contributed by atoms with Crippen LogP contribution in [0, 0.1) is 5.92 Å². The van der Waals surface area contributed by atoms with Gasteiger partial charge in [0.2, 0.25) is 0 Å². The van der Waals surface area contributed by atoms with Crippen molar-refractivity contribution in [2.45, 2.75) is 58.0 Å². The minimum atomic E-state index is -0.0966. The van der Waals surface area contributed by atoms with Crippen molar-refractivity contribution < 1.29 is 9.90 Å². The monoisotopic (exact) mass is 184 g/mol. The number of hydrogen-bond donors (Lipinski definition) is 1. The van der Waals surface area contributed by atoms with Gasteiger partial charge in [-0.15, -0.1) is 0 Å². The Morgan fingerprint density at radius 1 is 1.38 bits per heavy atom. The largest absolute Gasteiger partial charge is 0.393 e. The Bertz CT molecular complexity index is 165. The highest BCUT2D eigenvalue weighted by Crippen LogP contribution is 2.28. The van der Waals surface area contributed by atoms with Gasteiger partial charge in [-0.05, 0) is 38.5 Å². The molecule has 1 N–H and O–H groups in total. The zero-order chi connectivity index (χ0) is 9.68. The van der Waals surface area contributed by atoms with Crippen molar-refractivity contribution in [2.75, 3.05) is 0 Å². The molecule has 1 fully saturated rings. The molecular weight excluding hydrogens is 164 g/mol. The van der Waals surface area contributed by atoms with Gasteiger partial charge in [0.05, 0.1) is 6.10 Å². The van der Waals surface area contributed by atoms with Gasteiger partial charge in [-0.1, -0.05) is 12.8 Å². The first-order chi connectivity index (χ1) is 6.20. The fraction of sp³-hybridized carbons (Fsp3) is 0.909. The van der Waals surface area contributed by atoms with E-state index in [1.807, 2.05) is 0 Å². The third-order valence-electron chi connectivity index (χ3n) is 2.97. The Hall–Kier alpha value is -0.370. The van der Waals surface area contributed by atoms with Crippen molar-refractivity contribution in [1.29, 1.82) is 0 Å². The molecule has 76 valence electrons. The van der Waals surface area contributed by atoms with E-state index in [2.05, 4.69) is 0 Å². The molecular formula is C11H20O2. The predicted octanol–water partition coefficient (Wildman–Crippen LogP) is 2.30. The van der Waals surface area contributed by atoms with Crippen LogP contribution >= 0.6 is 0 Å². The standard InChI is InChI=1S/C11H20O2/c1-9(12)5-4-7-10-6-2-3-8-11(10)13/h10-11,13H,2-8H2,1H3. The molecule has 0 aromatic carbocycles. The van der Waals surface area contributed by atoms with Crippen LogP contribution in [0.15, 0.2) is 0 Å². The first-order valence-corrected chi connectivity index (χ1v) is 5.37. The number of aliphatic hydroxyl groups is 1. The van der Waals surface area contributed by atoms with Crippen molar-refractivity contribution in [3.05, 3.63) is 0 Å². The average molecular weight is 184 g/mol. The quantitative estimate of drug-likeness (QED) is 0.728. The van der Waals surface area contributed by atoms with E-state index >= 15 is 0 Å². The Labute approximate surface area is 80.3 Å². The van der Waals surface area contributed by atoms with Crippen LogP contribution < -0.4 is 0 Å². The molecule has 1 aliphatic carbocycles. The van der Waals surface area contributed by atoms with Crippen LogP contribution in [0.1, 0.15) is 51.9 Å². The molecule has 0 aliphatic heterocycles. The van der Waals surface area contributed by atoms with Gasteiger partial charge >= 0.3 is 0 Å². The summed E-state index contributed by atoms with van der Waals surface area (Å²) in [6, 6.07) is 0. The molecule has 0 amide bonds. The molecule has 1 rings (SSSR count). The molecule has 2 heteroatoms. The van der Waals surface area contributed by atoms with Gasteiger partial charge in [-0.3, -0.25) is 0 Å². The second-order valence-corrected chi connectivity index (χ2v) is 4.21. The van der Waals surface area contributed by atoms with Crippen LogP contribution in [0.4, 0.5) is 0 Å². The number of Topliss-reactive ketones (excluding diaryl/α,β-unsaturated/α-hetero) is 1. The first-order valence-electron chi connectivity index (χ1n) is 5.37. The molecule has 13 heavy (non-hydrogen) atoms. The summed E-state index contributed by atoms with van der Waals surface area (Å²) in [5.41, 5.74) is 0. The maximum atomic E-state index is 10.7. The maximum Gasteiger partial charge on any atom is 0.129 e. The molecule has 0 aromatic heterocycles. The predicted molar refractivity (Wildman–Crippen MR) is 52.5 cm³/mol. The fourth-order valence-corrected chi connectivity index (χ4v) is 2.14. The molecule has 1 saturated carbocycles. The first kappa shape index (κ1) is 10.7. The lowest BCUT2D eigenvalue weighted by atomic mass is 9.83. The molecule has 0 radical (unpaired) electrons. The van der Waals surface area contributed by atoms with Crippen LogP contribution in [0.5, 0.6) is 0 Å². The summed E-state index contributed by atoms with van der Waals surface area (Å²) in [5, 5.41) is 9.65. The number of rotatable bonds is 4. The highest BCUT2D eigenvalue weighted by Gasteiger charge is 2.22. The highest BCUT2D eigenvalue weighted by molar-refractivity contribution is 5.75. The van der Waals surface area contributed by atoms with Crippen LogP contribution in [-0.4, -0.2) is 17.0 Å². The van der Waals surface area contributed by atoms with Gasteiger partial charge in [-0.2, -0.15) is 0 Å². The lowest BCUT2D eigenvalue weighted by Gasteiger charge is -2.27. The molecule has 2 nitrogen and oxygen atoms in total. The van der Waals surface area contributed by atoms with Crippen LogP contribution in [0.3, 0.4) is 0 Å². The minimum Gasteiger partial charge on any atom is -0.393 e. The van der Waals surface area contributed by atoms with Gasteiger partial charge in [0.25, 0.3) is 0 Å². The van der Waals surface area contributed by atoms with Crippen molar-refractivity contribution >= 4 is 5.78 Å². The normalized spacial score (nSPS) is 28.8. The molecule has 0 saturated heterocycles. The summed E-state index contributed by atoms with van der Waals surface area (Å²) in [6.45, 7) is 1.64. The third-order valence-corrected chi connectivity index (χ3v) is 2.97. The van der Waals surface area contributed by atoms with E-state index in [0.717, 1.165) is 25.7 Å². The van der Waals surface area contributed by atoms with E-state index in [1.54, 1.807) is 6.92 Å².